The molecule has 1 aromatic rings. The Kier molecular flexibility index (Phi) is 3.84. The van der Waals surface area contributed by atoms with Gasteiger partial charge in [-0.3, -0.25) is 0 Å². The van der Waals surface area contributed by atoms with E-state index in [9.17, 15) is 0 Å². The molecule has 0 saturated heterocycles. The first-order valence-electron chi connectivity index (χ1n) is 5.39. The lowest BCUT2D eigenvalue weighted by Gasteiger charge is -2.18. The van der Waals surface area contributed by atoms with Crippen LogP contribution in [0.3, 0.4) is 0 Å². The summed E-state index contributed by atoms with van der Waals surface area (Å²) in [4.78, 5) is 0. The maximum Gasteiger partial charge on any atom is 0.129 e. The van der Waals surface area contributed by atoms with Crippen molar-refractivity contribution < 1.29 is 4.74 Å². The summed E-state index contributed by atoms with van der Waals surface area (Å²) in [7, 11) is 0. The largest absolute Gasteiger partial charge is 0.493 e. The average Bonchev–Trinajstić information content (AvgIpc) is 2.30. The van der Waals surface area contributed by atoms with Gasteiger partial charge < -0.3 is 4.74 Å². The summed E-state index contributed by atoms with van der Waals surface area (Å²) in [6, 6.07) is 6.40. The second-order valence-electron chi connectivity index (χ2n) is 3.67. The topological polar surface area (TPSA) is 9.23 Å². The van der Waals surface area contributed by atoms with Crippen molar-refractivity contribution in [1.82, 2.24) is 0 Å². The molecular formula is C13H15BrO. The molecular weight excluding hydrogens is 252 g/mol. The van der Waals surface area contributed by atoms with Crippen molar-refractivity contribution in [1.29, 1.82) is 0 Å². The van der Waals surface area contributed by atoms with Gasteiger partial charge in [-0.15, -0.1) is 0 Å². The van der Waals surface area contributed by atoms with Crippen LogP contribution in [0.5, 0.6) is 5.75 Å². The molecule has 0 aromatic heterocycles. The molecule has 1 aromatic carbocycles. The van der Waals surface area contributed by atoms with Gasteiger partial charge in [0, 0.05) is 10.9 Å². The maximum absolute atomic E-state index is 5.72. The van der Waals surface area contributed by atoms with Crippen molar-refractivity contribution in [2.24, 2.45) is 0 Å². The Bertz CT molecular complexity index is 358. The zero-order valence-electron chi connectivity index (χ0n) is 8.71. The van der Waals surface area contributed by atoms with Gasteiger partial charge in [-0.25, -0.2) is 0 Å². The predicted octanol–water partition coefficient (Wildman–Crippen LogP) is 3.81. The molecule has 15 heavy (non-hydrogen) atoms. The molecule has 0 radical (unpaired) electrons. The van der Waals surface area contributed by atoms with Crippen LogP contribution in [0.15, 0.2) is 24.3 Å². The molecule has 0 N–H and O–H groups in total. The number of fused-ring (bicyclic) bond motifs is 1. The summed E-state index contributed by atoms with van der Waals surface area (Å²) < 4.78 is 5.72. The fraction of sp³-hybridized carbons (Fsp3) is 0.385. The van der Waals surface area contributed by atoms with Crippen molar-refractivity contribution in [3.63, 3.8) is 0 Å². The van der Waals surface area contributed by atoms with E-state index >= 15 is 0 Å². The summed E-state index contributed by atoms with van der Waals surface area (Å²) in [5, 5.41) is 1.01. The summed E-state index contributed by atoms with van der Waals surface area (Å²) >= 11 is 3.42. The number of ether oxygens (including phenoxy) is 1. The van der Waals surface area contributed by atoms with Gasteiger partial charge in [0.2, 0.25) is 0 Å². The van der Waals surface area contributed by atoms with E-state index in [4.69, 9.17) is 4.74 Å². The van der Waals surface area contributed by atoms with Gasteiger partial charge in [-0.05, 0) is 24.8 Å². The van der Waals surface area contributed by atoms with Crippen LogP contribution in [0.4, 0.5) is 0 Å². The Morgan fingerprint density at radius 3 is 3.20 bits per heavy atom. The number of rotatable bonds is 3. The highest BCUT2D eigenvalue weighted by Crippen LogP contribution is 2.29. The number of allylic oxidation sites excluding steroid dienone is 1. The standard InChI is InChI=1S/C13H15BrO/c14-9-2-1-5-11-6-3-7-12-8-4-10-15-13(11)12/h1,3,5-7H,2,4,8-10H2/b5-1+. The van der Waals surface area contributed by atoms with Gasteiger partial charge >= 0.3 is 0 Å². The van der Waals surface area contributed by atoms with Gasteiger partial charge in [0.1, 0.15) is 5.75 Å². The summed E-state index contributed by atoms with van der Waals surface area (Å²) in [5.74, 6) is 1.09. The van der Waals surface area contributed by atoms with Crippen LogP contribution in [0, 0.1) is 0 Å². The highest BCUT2D eigenvalue weighted by molar-refractivity contribution is 9.09. The van der Waals surface area contributed by atoms with Crippen LogP contribution in [0.1, 0.15) is 24.0 Å². The molecule has 0 atom stereocenters. The second kappa shape index (κ2) is 5.36. The van der Waals surface area contributed by atoms with Crippen LogP contribution in [-0.2, 0) is 6.42 Å². The number of benzene rings is 1. The van der Waals surface area contributed by atoms with Crippen molar-refractivity contribution in [2.45, 2.75) is 19.3 Å². The van der Waals surface area contributed by atoms with Gasteiger partial charge in [0.15, 0.2) is 0 Å². The first-order chi connectivity index (χ1) is 7.42. The minimum atomic E-state index is 0.857. The quantitative estimate of drug-likeness (QED) is 0.757. The number of para-hydroxylation sites is 1. The van der Waals surface area contributed by atoms with Crippen LogP contribution >= 0.6 is 15.9 Å². The van der Waals surface area contributed by atoms with Gasteiger partial charge in [-0.2, -0.15) is 0 Å². The normalized spacial score (nSPS) is 15.0. The molecule has 0 amide bonds. The van der Waals surface area contributed by atoms with E-state index < -0.39 is 0 Å². The Balaban J connectivity index is 2.23. The van der Waals surface area contributed by atoms with Crippen LogP contribution < -0.4 is 4.74 Å². The minimum absolute atomic E-state index is 0.857. The van der Waals surface area contributed by atoms with E-state index in [0.717, 1.165) is 36.9 Å². The van der Waals surface area contributed by atoms with Crippen molar-refractivity contribution in [3.05, 3.63) is 35.4 Å². The van der Waals surface area contributed by atoms with E-state index in [1.807, 2.05) is 0 Å². The zero-order valence-corrected chi connectivity index (χ0v) is 10.3. The summed E-state index contributed by atoms with van der Waals surface area (Å²) in [6.45, 7) is 0.857. The van der Waals surface area contributed by atoms with Crippen molar-refractivity contribution in [2.75, 3.05) is 11.9 Å². The molecule has 0 bridgehead atoms. The molecule has 1 aliphatic rings. The Labute approximate surface area is 99.3 Å². The third kappa shape index (κ3) is 2.63. The molecule has 1 nitrogen and oxygen atoms in total. The minimum Gasteiger partial charge on any atom is -0.493 e. The molecule has 80 valence electrons. The molecule has 0 aliphatic carbocycles. The van der Waals surface area contributed by atoms with Crippen molar-refractivity contribution >= 4 is 22.0 Å². The van der Waals surface area contributed by atoms with Crippen LogP contribution in [-0.4, -0.2) is 11.9 Å². The Morgan fingerprint density at radius 1 is 1.40 bits per heavy atom. The van der Waals surface area contributed by atoms with Gasteiger partial charge in [0.25, 0.3) is 0 Å². The van der Waals surface area contributed by atoms with E-state index in [0.29, 0.717) is 0 Å². The fourth-order valence-electron chi connectivity index (χ4n) is 1.82. The molecule has 0 unspecified atom stereocenters. The number of hydrogen-bond acceptors (Lipinski definition) is 1. The van der Waals surface area contributed by atoms with Crippen LogP contribution in [0.25, 0.3) is 6.08 Å². The van der Waals surface area contributed by atoms with E-state index in [2.05, 4.69) is 46.3 Å². The second-order valence-corrected chi connectivity index (χ2v) is 4.46. The first kappa shape index (κ1) is 10.7. The van der Waals surface area contributed by atoms with E-state index in [1.54, 1.807) is 0 Å². The number of aryl methyl sites for hydroxylation is 1. The summed E-state index contributed by atoms with van der Waals surface area (Å²) in [5.41, 5.74) is 2.57. The lowest BCUT2D eigenvalue weighted by molar-refractivity contribution is 0.287. The molecule has 0 spiro atoms. The Morgan fingerprint density at radius 2 is 2.33 bits per heavy atom. The highest BCUT2D eigenvalue weighted by atomic mass is 79.9. The number of hydrogen-bond donors (Lipinski definition) is 0. The molecule has 1 heterocycles. The van der Waals surface area contributed by atoms with Crippen molar-refractivity contribution in [3.8, 4) is 5.75 Å². The average molecular weight is 267 g/mol. The molecule has 1 aliphatic heterocycles. The number of alkyl halides is 1. The molecule has 2 heteroatoms. The zero-order chi connectivity index (χ0) is 10.5. The third-order valence-corrected chi connectivity index (χ3v) is 2.99. The molecule has 2 rings (SSSR count). The van der Waals surface area contributed by atoms with E-state index in [1.165, 1.54) is 11.1 Å². The monoisotopic (exact) mass is 266 g/mol. The van der Waals surface area contributed by atoms with E-state index in [-0.39, 0.29) is 0 Å². The molecule has 0 fully saturated rings. The smallest absolute Gasteiger partial charge is 0.129 e. The number of halogens is 1. The molecule has 0 saturated carbocycles. The lowest BCUT2D eigenvalue weighted by Crippen LogP contribution is -2.09. The highest BCUT2D eigenvalue weighted by Gasteiger charge is 2.11. The lowest BCUT2D eigenvalue weighted by atomic mass is 10.0. The predicted molar refractivity (Wildman–Crippen MR) is 67.7 cm³/mol. The Hall–Kier alpha value is -0.760. The SMILES string of the molecule is BrCC/C=C/c1cccc2c1OCCC2. The van der Waals surface area contributed by atoms with Gasteiger partial charge in [-0.1, -0.05) is 46.3 Å². The third-order valence-electron chi connectivity index (χ3n) is 2.54. The summed E-state index contributed by atoms with van der Waals surface area (Å²) in [6.07, 6.45) is 7.69. The maximum atomic E-state index is 5.72. The fourth-order valence-corrected chi connectivity index (χ4v) is 2.08. The first-order valence-corrected chi connectivity index (χ1v) is 6.51. The van der Waals surface area contributed by atoms with Crippen LogP contribution in [0.2, 0.25) is 0 Å². The van der Waals surface area contributed by atoms with Gasteiger partial charge in [0.05, 0.1) is 6.61 Å².